The van der Waals surface area contributed by atoms with Crippen molar-refractivity contribution in [3.63, 3.8) is 0 Å². The molecule has 2 aromatic rings. The van der Waals surface area contributed by atoms with Crippen molar-refractivity contribution in [1.82, 2.24) is 10.3 Å². The zero-order valence-electron chi connectivity index (χ0n) is 13.8. The third-order valence-corrected chi connectivity index (χ3v) is 4.44. The molecule has 0 saturated carbocycles. The normalized spacial score (nSPS) is 13.2. The van der Waals surface area contributed by atoms with Gasteiger partial charge in [-0.3, -0.25) is 14.6 Å². The minimum absolute atomic E-state index is 0.0383. The maximum Gasteiger partial charge on any atom is 0.220 e. The van der Waals surface area contributed by atoms with Crippen LogP contribution in [0.1, 0.15) is 52.9 Å². The van der Waals surface area contributed by atoms with E-state index in [1.807, 2.05) is 30.3 Å². The van der Waals surface area contributed by atoms with Crippen LogP contribution in [0.5, 0.6) is 0 Å². The smallest absolute Gasteiger partial charge is 0.220 e. The van der Waals surface area contributed by atoms with Crippen LogP contribution in [0.2, 0.25) is 0 Å². The first kappa shape index (κ1) is 16.4. The lowest BCUT2D eigenvalue weighted by atomic mass is 9.89. The van der Waals surface area contributed by atoms with E-state index in [0.29, 0.717) is 6.54 Å². The molecule has 1 aromatic heterocycles. The second-order valence-corrected chi connectivity index (χ2v) is 6.21. The molecular formula is C20H22N2O2. The van der Waals surface area contributed by atoms with Crippen LogP contribution >= 0.6 is 0 Å². The Hall–Kier alpha value is -2.49. The van der Waals surface area contributed by atoms with Crippen LogP contribution in [0.15, 0.2) is 42.6 Å². The number of rotatable bonds is 6. The van der Waals surface area contributed by atoms with Crippen molar-refractivity contribution < 1.29 is 9.59 Å². The van der Waals surface area contributed by atoms with Crippen LogP contribution in [0.25, 0.3) is 0 Å². The summed E-state index contributed by atoms with van der Waals surface area (Å²) in [6.45, 7) is 0.396. The SMILES string of the molecule is O=C(CCC(=O)c1ccc2c(c1)CCCC2)NCc1ccccn1. The van der Waals surface area contributed by atoms with Gasteiger partial charge in [-0.1, -0.05) is 18.2 Å². The van der Waals surface area contributed by atoms with Gasteiger partial charge in [-0.15, -0.1) is 0 Å². The van der Waals surface area contributed by atoms with Crippen molar-refractivity contribution in [3.8, 4) is 0 Å². The summed E-state index contributed by atoms with van der Waals surface area (Å²) in [5.41, 5.74) is 4.21. The van der Waals surface area contributed by atoms with E-state index in [1.54, 1.807) is 6.20 Å². The molecule has 3 rings (SSSR count). The average molecular weight is 322 g/mol. The minimum Gasteiger partial charge on any atom is -0.350 e. The summed E-state index contributed by atoms with van der Waals surface area (Å²) in [6, 6.07) is 11.6. The number of fused-ring (bicyclic) bond motifs is 1. The van der Waals surface area contributed by atoms with Crippen LogP contribution in [0, 0.1) is 0 Å². The Morgan fingerprint density at radius 3 is 2.62 bits per heavy atom. The lowest BCUT2D eigenvalue weighted by Crippen LogP contribution is -2.23. The fourth-order valence-corrected chi connectivity index (χ4v) is 3.06. The van der Waals surface area contributed by atoms with Crippen molar-refractivity contribution in [1.29, 1.82) is 0 Å². The summed E-state index contributed by atoms with van der Waals surface area (Å²) < 4.78 is 0. The van der Waals surface area contributed by atoms with Gasteiger partial charge in [-0.25, -0.2) is 0 Å². The van der Waals surface area contributed by atoms with Crippen LogP contribution in [0.3, 0.4) is 0 Å². The Labute approximate surface area is 142 Å². The molecule has 0 saturated heterocycles. The summed E-state index contributed by atoms with van der Waals surface area (Å²) in [6.07, 6.45) is 6.74. The molecule has 0 bridgehead atoms. The number of ketones is 1. The third kappa shape index (κ3) is 4.28. The number of amides is 1. The number of Topliss-reactive ketones (excluding diaryl/α,β-unsaturated/α-hetero) is 1. The molecule has 0 fully saturated rings. The Bertz CT molecular complexity index is 726. The second kappa shape index (κ2) is 7.86. The van der Waals surface area contributed by atoms with E-state index >= 15 is 0 Å². The molecule has 1 N–H and O–H groups in total. The number of hydrogen-bond donors (Lipinski definition) is 1. The van der Waals surface area contributed by atoms with Gasteiger partial charge in [0.25, 0.3) is 0 Å². The molecule has 0 atom stereocenters. The van der Waals surface area contributed by atoms with Crippen molar-refractivity contribution in [3.05, 3.63) is 65.0 Å². The number of nitrogens with zero attached hydrogens (tertiary/aromatic N) is 1. The summed E-state index contributed by atoms with van der Waals surface area (Å²) in [5, 5.41) is 2.80. The van der Waals surface area contributed by atoms with Crippen molar-refractivity contribution in [2.45, 2.75) is 45.1 Å². The monoisotopic (exact) mass is 322 g/mol. The number of pyridine rings is 1. The predicted molar refractivity (Wildman–Crippen MR) is 92.7 cm³/mol. The Kier molecular flexibility index (Phi) is 5.36. The zero-order valence-corrected chi connectivity index (χ0v) is 13.8. The average Bonchev–Trinajstić information content (AvgIpc) is 2.65. The molecule has 1 aliphatic carbocycles. The summed E-state index contributed by atoms with van der Waals surface area (Å²) >= 11 is 0. The number of carbonyl (C=O) groups is 2. The quantitative estimate of drug-likeness (QED) is 0.831. The van der Waals surface area contributed by atoms with E-state index in [2.05, 4.69) is 16.4 Å². The lowest BCUT2D eigenvalue weighted by molar-refractivity contribution is -0.121. The molecule has 4 nitrogen and oxygen atoms in total. The van der Waals surface area contributed by atoms with Crippen molar-refractivity contribution >= 4 is 11.7 Å². The van der Waals surface area contributed by atoms with E-state index in [1.165, 1.54) is 24.0 Å². The molecule has 0 aliphatic heterocycles. The van der Waals surface area contributed by atoms with Crippen molar-refractivity contribution in [2.75, 3.05) is 0 Å². The standard InChI is InChI=1S/C20H22N2O2/c23-19(17-9-8-15-5-1-2-6-16(15)13-17)10-11-20(24)22-14-18-7-3-4-12-21-18/h3-4,7-9,12-13H,1-2,5-6,10-11,14H2,(H,22,24). The van der Waals surface area contributed by atoms with Crippen LogP contribution < -0.4 is 5.32 Å². The fraction of sp³-hybridized carbons (Fsp3) is 0.350. The van der Waals surface area contributed by atoms with Gasteiger partial charge in [0.2, 0.25) is 5.91 Å². The first-order valence-electron chi connectivity index (χ1n) is 8.54. The lowest BCUT2D eigenvalue weighted by Gasteiger charge is -2.16. The second-order valence-electron chi connectivity index (χ2n) is 6.21. The van der Waals surface area contributed by atoms with Crippen LogP contribution in [-0.4, -0.2) is 16.7 Å². The molecule has 0 spiro atoms. The first-order valence-corrected chi connectivity index (χ1v) is 8.54. The van der Waals surface area contributed by atoms with E-state index < -0.39 is 0 Å². The van der Waals surface area contributed by atoms with Crippen LogP contribution in [0.4, 0.5) is 0 Å². The Morgan fingerprint density at radius 1 is 1.00 bits per heavy atom. The number of carbonyl (C=O) groups excluding carboxylic acids is 2. The van der Waals surface area contributed by atoms with Gasteiger partial charge in [0.15, 0.2) is 5.78 Å². The predicted octanol–water partition coefficient (Wildman–Crippen LogP) is 3.24. The zero-order chi connectivity index (χ0) is 16.8. The summed E-state index contributed by atoms with van der Waals surface area (Å²) in [5.74, 6) is -0.0803. The van der Waals surface area contributed by atoms with Gasteiger partial charge in [-0.2, -0.15) is 0 Å². The van der Waals surface area contributed by atoms with Gasteiger partial charge in [-0.05, 0) is 55.0 Å². The highest BCUT2D eigenvalue weighted by Crippen LogP contribution is 2.22. The molecule has 4 heteroatoms. The minimum atomic E-state index is -0.119. The third-order valence-electron chi connectivity index (χ3n) is 4.44. The van der Waals surface area contributed by atoms with Gasteiger partial charge in [0, 0.05) is 24.6 Å². The van der Waals surface area contributed by atoms with E-state index in [9.17, 15) is 9.59 Å². The van der Waals surface area contributed by atoms with Gasteiger partial charge in [0.1, 0.15) is 0 Å². The highest BCUT2D eigenvalue weighted by atomic mass is 16.2. The largest absolute Gasteiger partial charge is 0.350 e. The number of hydrogen-bond acceptors (Lipinski definition) is 3. The number of nitrogens with one attached hydrogen (secondary N) is 1. The van der Waals surface area contributed by atoms with Crippen LogP contribution in [-0.2, 0) is 24.2 Å². The Balaban J connectivity index is 1.49. The number of aryl methyl sites for hydroxylation is 2. The van der Waals surface area contributed by atoms with E-state index in [0.717, 1.165) is 24.1 Å². The van der Waals surface area contributed by atoms with Gasteiger partial charge >= 0.3 is 0 Å². The number of benzene rings is 1. The molecular weight excluding hydrogens is 300 g/mol. The molecule has 1 amide bonds. The van der Waals surface area contributed by atoms with E-state index in [-0.39, 0.29) is 24.5 Å². The van der Waals surface area contributed by atoms with E-state index in [4.69, 9.17) is 0 Å². The molecule has 24 heavy (non-hydrogen) atoms. The molecule has 0 radical (unpaired) electrons. The molecule has 1 heterocycles. The Morgan fingerprint density at radius 2 is 1.83 bits per heavy atom. The molecule has 124 valence electrons. The maximum atomic E-state index is 12.3. The fourth-order valence-electron chi connectivity index (χ4n) is 3.06. The van der Waals surface area contributed by atoms with Gasteiger partial charge in [0.05, 0.1) is 12.2 Å². The summed E-state index contributed by atoms with van der Waals surface area (Å²) in [4.78, 5) is 28.4. The first-order chi connectivity index (χ1) is 11.7. The molecule has 1 aromatic carbocycles. The topological polar surface area (TPSA) is 59.1 Å². The van der Waals surface area contributed by atoms with Gasteiger partial charge < -0.3 is 5.32 Å². The molecule has 0 unspecified atom stereocenters. The highest BCUT2D eigenvalue weighted by molar-refractivity contribution is 5.98. The molecule has 1 aliphatic rings. The number of aromatic nitrogens is 1. The maximum absolute atomic E-state index is 12.3. The highest BCUT2D eigenvalue weighted by Gasteiger charge is 2.14. The van der Waals surface area contributed by atoms with Crippen molar-refractivity contribution in [2.24, 2.45) is 0 Å². The summed E-state index contributed by atoms with van der Waals surface area (Å²) in [7, 11) is 0.